The van der Waals surface area contributed by atoms with Gasteiger partial charge in [0, 0.05) is 30.2 Å². The normalized spacial score (nSPS) is 16.5. The van der Waals surface area contributed by atoms with Crippen molar-refractivity contribution in [3.05, 3.63) is 83.6 Å². The average Bonchev–Trinajstić information content (AvgIpc) is 3.38. The molecular formula is C22H18F3N5O. The number of alkyl halides is 3. The number of fused-ring (bicyclic) bond motifs is 2. The molecule has 1 unspecified atom stereocenters. The summed E-state index contributed by atoms with van der Waals surface area (Å²) in [5, 5.41) is 8.20. The van der Waals surface area contributed by atoms with Crippen LogP contribution in [0.4, 0.5) is 13.2 Å². The van der Waals surface area contributed by atoms with E-state index >= 15 is 0 Å². The molecule has 2 aromatic heterocycles. The van der Waals surface area contributed by atoms with Gasteiger partial charge >= 0.3 is 6.18 Å². The van der Waals surface area contributed by atoms with Gasteiger partial charge in [0.2, 0.25) is 11.7 Å². The number of halogens is 3. The highest BCUT2D eigenvalue weighted by Gasteiger charge is 2.43. The van der Waals surface area contributed by atoms with Gasteiger partial charge in [-0.15, -0.1) is 10.2 Å². The first-order valence-electron chi connectivity index (χ1n) is 9.83. The number of hydrogen-bond acceptors (Lipinski definition) is 3. The summed E-state index contributed by atoms with van der Waals surface area (Å²) in [5.41, 5.74) is 2.46. The zero-order valence-corrected chi connectivity index (χ0v) is 16.3. The lowest BCUT2D eigenvalue weighted by Gasteiger charge is -2.36. The Morgan fingerprint density at radius 1 is 1.03 bits per heavy atom. The van der Waals surface area contributed by atoms with Gasteiger partial charge < -0.3 is 14.5 Å². The first-order chi connectivity index (χ1) is 14.9. The number of carbonyl (C=O) groups excluding carboxylic acids is 1. The van der Waals surface area contributed by atoms with Crippen LogP contribution in [-0.2, 0) is 23.9 Å². The predicted octanol–water partition coefficient (Wildman–Crippen LogP) is 3.95. The Kier molecular flexibility index (Phi) is 4.53. The van der Waals surface area contributed by atoms with Gasteiger partial charge in [0.15, 0.2) is 5.82 Å². The van der Waals surface area contributed by atoms with Crippen LogP contribution in [0.1, 0.15) is 28.8 Å². The number of aromatic amines is 1. The predicted molar refractivity (Wildman–Crippen MR) is 107 cm³/mol. The molecule has 0 saturated carbocycles. The molecule has 4 aromatic rings. The highest BCUT2D eigenvalue weighted by Crippen LogP contribution is 2.36. The van der Waals surface area contributed by atoms with Gasteiger partial charge in [-0.05, 0) is 17.2 Å². The minimum absolute atomic E-state index is 0.0138. The highest BCUT2D eigenvalue weighted by atomic mass is 19.4. The van der Waals surface area contributed by atoms with Crippen molar-refractivity contribution in [3.63, 3.8) is 0 Å². The molecular weight excluding hydrogens is 407 g/mol. The van der Waals surface area contributed by atoms with Gasteiger partial charge in [0.05, 0.1) is 6.42 Å². The number of benzene rings is 2. The summed E-state index contributed by atoms with van der Waals surface area (Å²) < 4.78 is 41.2. The largest absolute Gasteiger partial charge is 0.451 e. The molecule has 158 valence electrons. The Morgan fingerprint density at radius 3 is 2.55 bits per heavy atom. The lowest BCUT2D eigenvalue weighted by molar-refractivity contribution is -0.148. The maximum Gasteiger partial charge on any atom is 0.451 e. The van der Waals surface area contributed by atoms with Crippen LogP contribution >= 0.6 is 0 Å². The maximum absolute atomic E-state index is 13.4. The van der Waals surface area contributed by atoms with E-state index < -0.39 is 18.0 Å². The van der Waals surface area contributed by atoms with Crippen molar-refractivity contribution in [3.8, 4) is 0 Å². The van der Waals surface area contributed by atoms with Crippen molar-refractivity contribution in [2.24, 2.45) is 0 Å². The standard InChI is InChI=1S/C22H18F3N5O/c23-22(24,25)21-28-27-20-19(14-6-2-1-3-7-14)29(10-11-30(20)21)18(31)12-15-13-26-17-9-5-4-8-16(15)17/h1-9,13,19,26H,10-12H2. The van der Waals surface area contributed by atoms with Crippen LogP contribution in [-0.4, -0.2) is 37.1 Å². The van der Waals surface area contributed by atoms with E-state index in [2.05, 4.69) is 15.2 Å². The van der Waals surface area contributed by atoms with Crippen molar-refractivity contribution in [1.29, 1.82) is 0 Å². The molecule has 31 heavy (non-hydrogen) atoms. The maximum atomic E-state index is 13.4. The summed E-state index contributed by atoms with van der Waals surface area (Å²) >= 11 is 0. The molecule has 0 fully saturated rings. The first-order valence-corrected chi connectivity index (χ1v) is 9.83. The summed E-state index contributed by atoms with van der Waals surface area (Å²) in [5.74, 6) is -1.09. The van der Waals surface area contributed by atoms with E-state index in [1.54, 1.807) is 35.4 Å². The summed E-state index contributed by atoms with van der Waals surface area (Å²) in [7, 11) is 0. The van der Waals surface area contributed by atoms with Gasteiger partial charge in [-0.25, -0.2) is 0 Å². The number of H-pyrrole nitrogens is 1. The first kappa shape index (κ1) is 19.3. The summed E-state index contributed by atoms with van der Waals surface area (Å²) in [4.78, 5) is 18.1. The summed E-state index contributed by atoms with van der Waals surface area (Å²) in [6, 6.07) is 15.9. The molecule has 9 heteroatoms. The van der Waals surface area contributed by atoms with Crippen LogP contribution < -0.4 is 0 Å². The van der Waals surface area contributed by atoms with Gasteiger partial charge in [-0.2, -0.15) is 13.2 Å². The van der Waals surface area contributed by atoms with Crippen molar-refractivity contribution in [1.82, 2.24) is 24.6 Å². The van der Waals surface area contributed by atoms with Crippen LogP contribution in [0.2, 0.25) is 0 Å². The molecule has 1 aliphatic heterocycles. The third kappa shape index (κ3) is 3.35. The van der Waals surface area contributed by atoms with E-state index in [1.165, 1.54) is 0 Å². The van der Waals surface area contributed by atoms with Gasteiger partial charge in [-0.1, -0.05) is 48.5 Å². The lowest BCUT2D eigenvalue weighted by Crippen LogP contribution is -2.44. The molecule has 0 bridgehead atoms. The van der Waals surface area contributed by atoms with Crippen LogP contribution in [0.5, 0.6) is 0 Å². The second-order valence-electron chi connectivity index (χ2n) is 7.47. The van der Waals surface area contributed by atoms with Crippen molar-refractivity contribution in [2.45, 2.75) is 25.2 Å². The summed E-state index contributed by atoms with van der Waals surface area (Å²) in [6.07, 6.45) is -2.68. The molecule has 5 rings (SSSR count). The quantitative estimate of drug-likeness (QED) is 0.541. The second kappa shape index (κ2) is 7.26. The van der Waals surface area contributed by atoms with Crippen molar-refractivity contribution in [2.75, 3.05) is 6.54 Å². The Hall–Kier alpha value is -3.62. The molecule has 0 saturated heterocycles. The van der Waals surface area contributed by atoms with E-state index in [1.807, 2.05) is 30.3 Å². The third-order valence-corrected chi connectivity index (χ3v) is 5.61. The second-order valence-corrected chi connectivity index (χ2v) is 7.47. The van der Waals surface area contributed by atoms with Crippen LogP contribution in [0.3, 0.4) is 0 Å². The SMILES string of the molecule is O=C(Cc1c[nH]c2ccccc12)N1CCn2c(nnc2C(F)(F)F)C1c1ccccc1. The third-order valence-electron chi connectivity index (χ3n) is 5.61. The van der Waals surface area contributed by atoms with E-state index in [0.29, 0.717) is 5.56 Å². The molecule has 1 aliphatic rings. The fraction of sp³-hybridized carbons (Fsp3) is 0.227. The fourth-order valence-corrected chi connectivity index (χ4v) is 4.20. The molecule has 6 nitrogen and oxygen atoms in total. The van der Waals surface area contributed by atoms with Crippen LogP contribution in [0.25, 0.3) is 10.9 Å². The topological polar surface area (TPSA) is 66.8 Å². The number of aromatic nitrogens is 4. The average molecular weight is 425 g/mol. The van der Waals surface area contributed by atoms with Gasteiger partial charge in [0.25, 0.3) is 0 Å². The molecule has 0 radical (unpaired) electrons. The molecule has 1 atom stereocenters. The smallest absolute Gasteiger partial charge is 0.361 e. The van der Waals surface area contributed by atoms with E-state index in [4.69, 9.17) is 0 Å². The van der Waals surface area contributed by atoms with Crippen LogP contribution in [0.15, 0.2) is 60.8 Å². The number of rotatable bonds is 3. The number of nitrogens with zero attached hydrogens (tertiary/aromatic N) is 4. The van der Waals surface area contributed by atoms with Crippen molar-refractivity contribution < 1.29 is 18.0 Å². The zero-order valence-electron chi connectivity index (χ0n) is 16.3. The molecule has 0 spiro atoms. The Bertz CT molecular complexity index is 1250. The highest BCUT2D eigenvalue weighted by molar-refractivity contribution is 5.89. The van der Waals surface area contributed by atoms with E-state index in [0.717, 1.165) is 21.0 Å². The number of amides is 1. The van der Waals surface area contributed by atoms with Gasteiger partial charge in [0.1, 0.15) is 6.04 Å². The molecule has 2 aromatic carbocycles. The molecule has 0 aliphatic carbocycles. The van der Waals surface area contributed by atoms with Crippen LogP contribution in [0, 0.1) is 0 Å². The Morgan fingerprint density at radius 2 is 1.77 bits per heavy atom. The minimum atomic E-state index is -4.61. The molecule has 1 N–H and O–H groups in total. The Labute approximate surface area is 175 Å². The Balaban J connectivity index is 1.53. The monoisotopic (exact) mass is 425 g/mol. The molecule has 3 heterocycles. The van der Waals surface area contributed by atoms with E-state index in [-0.39, 0.29) is 31.2 Å². The zero-order chi connectivity index (χ0) is 21.6. The number of para-hydroxylation sites is 1. The number of nitrogens with one attached hydrogen (secondary N) is 1. The molecule has 1 amide bonds. The number of carbonyl (C=O) groups is 1. The fourth-order valence-electron chi connectivity index (χ4n) is 4.20. The lowest BCUT2D eigenvalue weighted by atomic mass is 10.0. The van der Waals surface area contributed by atoms with Crippen molar-refractivity contribution >= 4 is 16.8 Å². The number of hydrogen-bond donors (Lipinski definition) is 1. The minimum Gasteiger partial charge on any atom is -0.361 e. The van der Waals surface area contributed by atoms with E-state index in [9.17, 15) is 18.0 Å². The summed E-state index contributed by atoms with van der Waals surface area (Å²) in [6.45, 7) is 0.120. The van der Waals surface area contributed by atoms with Gasteiger partial charge in [-0.3, -0.25) is 4.79 Å².